The first-order valence-corrected chi connectivity index (χ1v) is 11.5. The lowest BCUT2D eigenvalue weighted by atomic mass is 10.1. The molecule has 0 aliphatic rings. The van der Waals surface area contributed by atoms with Gasteiger partial charge in [-0.25, -0.2) is 0 Å². The molecule has 0 saturated heterocycles. The second-order valence-corrected chi connectivity index (χ2v) is 8.16. The summed E-state index contributed by atoms with van der Waals surface area (Å²) < 4.78 is 0. The molecule has 0 bridgehead atoms. The molecule has 36 heavy (non-hydrogen) atoms. The zero-order valence-electron chi connectivity index (χ0n) is 19.2. The van der Waals surface area contributed by atoms with E-state index in [1.807, 2.05) is 110 Å². The van der Waals surface area contributed by atoms with Crippen LogP contribution in [0.4, 0.5) is 0 Å². The number of nitrogens with zero attached hydrogens (tertiary/aromatic N) is 6. The van der Waals surface area contributed by atoms with Gasteiger partial charge in [0, 0.05) is 59.4 Å². The Morgan fingerprint density at radius 2 is 0.611 bits per heavy atom. The molecule has 6 aromatic rings. The summed E-state index contributed by atoms with van der Waals surface area (Å²) in [5.41, 5.74) is 8.99. The highest BCUT2D eigenvalue weighted by molar-refractivity contribution is 5.68. The maximum atomic E-state index is 4.64. The molecule has 0 aliphatic heterocycles. The van der Waals surface area contributed by atoms with Gasteiger partial charge in [0.2, 0.25) is 0 Å². The fourth-order valence-electron chi connectivity index (χ4n) is 3.89. The van der Waals surface area contributed by atoms with Crippen molar-refractivity contribution in [1.82, 2.24) is 29.9 Å². The van der Waals surface area contributed by atoms with Crippen LogP contribution >= 0.6 is 0 Å². The fraction of sp³-hybridized carbons (Fsp3) is 0. The van der Waals surface area contributed by atoms with Crippen molar-refractivity contribution in [1.29, 1.82) is 0 Å². The molecule has 0 N–H and O–H groups in total. The van der Waals surface area contributed by atoms with Crippen LogP contribution < -0.4 is 0 Å². The van der Waals surface area contributed by atoms with Gasteiger partial charge in [0.15, 0.2) is 0 Å². The van der Waals surface area contributed by atoms with Gasteiger partial charge in [-0.15, -0.1) is 0 Å². The molecule has 0 amide bonds. The second kappa shape index (κ2) is 9.64. The smallest absolute Gasteiger partial charge is 0.0886 e. The minimum Gasteiger partial charge on any atom is -0.256 e. The molecule has 0 unspecified atom stereocenters. The Morgan fingerprint density at radius 3 is 0.944 bits per heavy atom. The molecule has 6 rings (SSSR count). The molecule has 0 saturated carbocycles. The van der Waals surface area contributed by atoms with Crippen LogP contribution in [0, 0.1) is 0 Å². The van der Waals surface area contributed by atoms with E-state index in [4.69, 9.17) is 0 Å². The molecule has 0 aliphatic carbocycles. The van der Waals surface area contributed by atoms with Crippen LogP contribution in [0.1, 0.15) is 0 Å². The van der Waals surface area contributed by atoms with E-state index in [9.17, 15) is 0 Å². The normalized spacial score (nSPS) is 10.8. The van der Waals surface area contributed by atoms with Crippen molar-refractivity contribution >= 4 is 0 Å². The van der Waals surface area contributed by atoms with E-state index in [2.05, 4.69) is 29.9 Å². The number of hydrogen-bond donors (Lipinski definition) is 0. The van der Waals surface area contributed by atoms with Crippen LogP contribution in [-0.2, 0) is 0 Å². The summed E-state index contributed by atoms with van der Waals surface area (Å²) in [4.78, 5) is 27.1. The topological polar surface area (TPSA) is 77.3 Å². The zero-order chi connectivity index (χ0) is 24.2. The molecule has 0 spiro atoms. The lowest BCUT2D eigenvalue weighted by Gasteiger charge is -2.06. The standard InChI is InChI=1S/C30H20N6/c1-3-15-31-25(5-1)21-7-11-26(33-17-21)22-8-12-27(34-18-22)23-9-13-28(35-19-23)24-10-14-30(36-20-24)29-6-2-4-16-32-29/h1-20H. The quantitative estimate of drug-likeness (QED) is 0.294. The molecule has 170 valence electrons. The fourth-order valence-corrected chi connectivity index (χ4v) is 3.89. The Bertz CT molecular complexity index is 1440. The van der Waals surface area contributed by atoms with Crippen LogP contribution in [0.3, 0.4) is 0 Å². The number of pyridine rings is 6. The Balaban J connectivity index is 1.17. The second-order valence-electron chi connectivity index (χ2n) is 8.16. The van der Waals surface area contributed by atoms with Crippen molar-refractivity contribution in [2.75, 3.05) is 0 Å². The van der Waals surface area contributed by atoms with Gasteiger partial charge in [-0.1, -0.05) is 12.1 Å². The third-order valence-electron chi connectivity index (χ3n) is 5.83. The van der Waals surface area contributed by atoms with E-state index in [-0.39, 0.29) is 0 Å². The van der Waals surface area contributed by atoms with Crippen molar-refractivity contribution in [2.24, 2.45) is 0 Å². The third-order valence-corrected chi connectivity index (χ3v) is 5.83. The van der Waals surface area contributed by atoms with Crippen LogP contribution in [0.2, 0.25) is 0 Å². The first-order valence-electron chi connectivity index (χ1n) is 11.5. The first-order chi connectivity index (χ1) is 17.8. The molecule has 0 fully saturated rings. The summed E-state index contributed by atoms with van der Waals surface area (Å²) in [5.74, 6) is 0. The van der Waals surface area contributed by atoms with E-state index in [1.54, 1.807) is 12.4 Å². The average molecular weight is 465 g/mol. The molecule has 0 radical (unpaired) electrons. The predicted molar refractivity (Wildman–Crippen MR) is 140 cm³/mol. The van der Waals surface area contributed by atoms with E-state index < -0.39 is 0 Å². The Labute approximate surface area is 208 Å². The van der Waals surface area contributed by atoms with Crippen molar-refractivity contribution in [2.45, 2.75) is 0 Å². The largest absolute Gasteiger partial charge is 0.256 e. The van der Waals surface area contributed by atoms with E-state index in [0.717, 1.165) is 56.4 Å². The van der Waals surface area contributed by atoms with Gasteiger partial charge < -0.3 is 0 Å². The summed E-state index contributed by atoms with van der Waals surface area (Å²) in [6.45, 7) is 0. The van der Waals surface area contributed by atoms with Gasteiger partial charge in [0.1, 0.15) is 0 Å². The molecule has 6 heterocycles. The van der Waals surface area contributed by atoms with E-state index >= 15 is 0 Å². The predicted octanol–water partition coefficient (Wildman–Crippen LogP) is 6.39. The maximum Gasteiger partial charge on any atom is 0.0886 e. The van der Waals surface area contributed by atoms with Gasteiger partial charge in [-0.3, -0.25) is 29.9 Å². The Morgan fingerprint density at radius 1 is 0.278 bits per heavy atom. The number of hydrogen-bond acceptors (Lipinski definition) is 6. The summed E-state index contributed by atoms with van der Waals surface area (Å²) in [6, 6.07) is 27.7. The minimum atomic E-state index is 0.834. The summed E-state index contributed by atoms with van der Waals surface area (Å²) in [6.07, 6.45) is 10.9. The molecular weight excluding hydrogens is 444 g/mol. The zero-order valence-corrected chi connectivity index (χ0v) is 19.2. The number of aromatic nitrogens is 6. The maximum absolute atomic E-state index is 4.64. The van der Waals surface area contributed by atoms with Crippen LogP contribution in [0.25, 0.3) is 56.4 Å². The lowest BCUT2D eigenvalue weighted by molar-refractivity contribution is 1.23. The lowest BCUT2D eigenvalue weighted by Crippen LogP contribution is -1.91. The van der Waals surface area contributed by atoms with E-state index in [0.29, 0.717) is 0 Å². The summed E-state index contributed by atoms with van der Waals surface area (Å²) >= 11 is 0. The van der Waals surface area contributed by atoms with Crippen LogP contribution in [0.5, 0.6) is 0 Å². The van der Waals surface area contributed by atoms with E-state index in [1.165, 1.54) is 0 Å². The molecule has 6 aromatic heterocycles. The molecule has 6 nitrogen and oxygen atoms in total. The summed E-state index contributed by atoms with van der Waals surface area (Å²) in [7, 11) is 0. The third kappa shape index (κ3) is 4.48. The van der Waals surface area contributed by atoms with Crippen molar-refractivity contribution in [3.05, 3.63) is 122 Å². The molecule has 0 atom stereocenters. The van der Waals surface area contributed by atoms with Crippen molar-refractivity contribution < 1.29 is 0 Å². The Kier molecular flexibility index (Phi) is 5.74. The summed E-state index contributed by atoms with van der Waals surface area (Å²) in [5, 5.41) is 0. The van der Waals surface area contributed by atoms with Gasteiger partial charge in [0.05, 0.1) is 34.2 Å². The highest BCUT2D eigenvalue weighted by Crippen LogP contribution is 2.25. The highest BCUT2D eigenvalue weighted by atomic mass is 14.8. The van der Waals surface area contributed by atoms with Crippen molar-refractivity contribution in [3.63, 3.8) is 0 Å². The van der Waals surface area contributed by atoms with Gasteiger partial charge >= 0.3 is 0 Å². The SMILES string of the molecule is c1ccc(-c2ccc(-c3ccc(-c4ccc(-c5ccc(-c6ccccn6)nc5)nc4)nc3)nc2)nc1. The molecular formula is C30H20N6. The van der Waals surface area contributed by atoms with Gasteiger partial charge in [-0.2, -0.15) is 0 Å². The van der Waals surface area contributed by atoms with Crippen LogP contribution in [0.15, 0.2) is 122 Å². The average Bonchev–Trinajstić information content (AvgIpc) is 2.98. The molecule has 0 aromatic carbocycles. The molecule has 6 heteroatoms. The number of rotatable bonds is 5. The van der Waals surface area contributed by atoms with Crippen LogP contribution in [-0.4, -0.2) is 29.9 Å². The van der Waals surface area contributed by atoms with Gasteiger partial charge in [0.25, 0.3) is 0 Å². The first kappa shape index (κ1) is 21.4. The highest BCUT2D eigenvalue weighted by Gasteiger charge is 2.07. The van der Waals surface area contributed by atoms with Gasteiger partial charge in [-0.05, 0) is 72.8 Å². The Hall–Kier alpha value is -5.10. The van der Waals surface area contributed by atoms with Crippen molar-refractivity contribution in [3.8, 4) is 56.4 Å². The monoisotopic (exact) mass is 464 g/mol. The minimum absolute atomic E-state index is 0.834.